The number of Topliss-reactive ketones (excluding diaryl/α,β-unsaturated/α-hetero) is 1. The van der Waals surface area contributed by atoms with Gasteiger partial charge in [-0.25, -0.2) is 0 Å². The van der Waals surface area contributed by atoms with E-state index in [1.807, 2.05) is 49.4 Å². The third-order valence-electron chi connectivity index (χ3n) is 3.80. The lowest BCUT2D eigenvalue weighted by atomic mass is 10.0. The molecule has 0 aromatic heterocycles. The molecular weight excluding hydrogens is 318 g/mol. The van der Waals surface area contributed by atoms with Gasteiger partial charge in [-0.05, 0) is 44.4 Å². The Morgan fingerprint density at radius 1 is 1.08 bits per heavy atom. The molecule has 1 N–H and O–H groups in total. The highest BCUT2D eigenvalue weighted by molar-refractivity contribution is 8.00. The molecule has 1 amide bonds. The van der Waals surface area contributed by atoms with Crippen molar-refractivity contribution in [2.24, 2.45) is 0 Å². The molecule has 0 unspecified atom stereocenters. The zero-order chi connectivity index (χ0) is 17.5. The van der Waals surface area contributed by atoms with Crippen molar-refractivity contribution in [3.05, 3.63) is 65.2 Å². The summed E-state index contributed by atoms with van der Waals surface area (Å²) in [5.74, 6) is 0.169. The van der Waals surface area contributed by atoms with Crippen LogP contribution < -0.4 is 5.32 Å². The average Bonchev–Trinajstić information content (AvgIpc) is 2.54. The molecule has 3 nitrogen and oxygen atoms in total. The summed E-state index contributed by atoms with van der Waals surface area (Å²) >= 11 is 1.50. The normalized spacial score (nSPS) is 11.8. The molecule has 0 fully saturated rings. The lowest BCUT2D eigenvalue weighted by molar-refractivity contribution is -0.125. The summed E-state index contributed by atoms with van der Waals surface area (Å²) in [6.45, 7) is 5.61. The van der Waals surface area contributed by atoms with E-state index in [4.69, 9.17) is 0 Å². The molecule has 2 aromatic carbocycles. The standard InChI is InChI=1S/C20H23NO2S/c1-14-9-10-19(15(2)11-14)24-13-20(23)21-18(16(3)22)12-17-7-5-4-6-8-17/h4-11,18H,12-13H2,1-3H3,(H,21,23)/t18-/m0/s1. The van der Waals surface area contributed by atoms with E-state index in [0.717, 1.165) is 10.5 Å². The van der Waals surface area contributed by atoms with Gasteiger partial charge in [0, 0.05) is 4.90 Å². The Balaban J connectivity index is 1.92. The number of aryl methyl sites for hydroxylation is 2. The Labute approximate surface area is 147 Å². The van der Waals surface area contributed by atoms with Crippen molar-refractivity contribution < 1.29 is 9.59 Å². The molecule has 0 saturated heterocycles. The first-order valence-corrected chi connectivity index (χ1v) is 8.98. The summed E-state index contributed by atoms with van der Waals surface area (Å²) in [5.41, 5.74) is 3.42. The van der Waals surface area contributed by atoms with Crippen LogP contribution in [0.15, 0.2) is 53.4 Å². The largest absolute Gasteiger partial charge is 0.345 e. The van der Waals surface area contributed by atoms with Gasteiger partial charge in [-0.3, -0.25) is 9.59 Å². The van der Waals surface area contributed by atoms with Gasteiger partial charge < -0.3 is 5.32 Å². The number of rotatable bonds is 7. The maximum atomic E-state index is 12.2. The number of nitrogens with one attached hydrogen (secondary N) is 1. The number of amides is 1. The molecule has 126 valence electrons. The predicted molar refractivity (Wildman–Crippen MR) is 99.4 cm³/mol. The molecule has 0 radical (unpaired) electrons. The van der Waals surface area contributed by atoms with E-state index in [1.165, 1.54) is 29.8 Å². The second kappa shape index (κ2) is 8.69. The number of hydrogen-bond donors (Lipinski definition) is 1. The smallest absolute Gasteiger partial charge is 0.230 e. The molecule has 0 aliphatic rings. The second-order valence-corrected chi connectivity index (χ2v) is 7.00. The summed E-state index contributed by atoms with van der Waals surface area (Å²) in [5, 5.41) is 2.86. The first-order chi connectivity index (χ1) is 11.5. The van der Waals surface area contributed by atoms with Crippen molar-refractivity contribution in [1.82, 2.24) is 5.32 Å². The Bertz CT molecular complexity index is 713. The Kier molecular flexibility index (Phi) is 6.62. The van der Waals surface area contributed by atoms with Gasteiger partial charge in [0.2, 0.25) is 5.91 Å². The van der Waals surface area contributed by atoms with Crippen molar-refractivity contribution in [2.75, 3.05) is 5.75 Å². The fourth-order valence-electron chi connectivity index (χ4n) is 2.49. The fraction of sp³-hybridized carbons (Fsp3) is 0.300. The number of ketones is 1. The van der Waals surface area contributed by atoms with Crippen LogP contribution >= 0.6 is 11.8 Å². The minimum Gasteiger partial charge on any atom is -0.345 e. The van der Waals surface area contributed by atoms with Crippen LogP contribution in [0.2, 0.25) is 0 Å². The van der Waals surface area contributed by atoms with E-state index in [1.54, 1.807) is 0 Å². The molecule has 0 bridgehead atoms. The lowest BCUT2D eigenvalue weighted by Crippen LogP contribution is -2.42. The zero-order valence-electron chi connectivity index (χ0n) is 14.3. The Morgan fingerprint density at radius 2 is 1.79 bits per heavy atom. The van der Waals surface area contributed by atoms with Gasteiger partial charge in [0.25, 0.3) is 0 Å². The van der Waals surface area contributed by atoms with Crippen LogP contribution in [0.4, 0.5) is 0 Å². The van der Waals surface area contributed by atoms with Gasteiger partial charge in [0.1, 0.15) is 0 Å². The van der Waals surface area contributed by atoms with Crippen molar-refractivity contribution in [1.29, 1.82) is 0 Å². The van der Waals surface area contributed by atoms with E-state index < -0.39 is 6.04 Å². The maximum Gasteiger partial charge on any atom is 0.230 e. The fourth-order valence-corrected chi connectivity index (χ4v) is 3.31. The van der Waals surface area contributed by atoms with Gasteiger partial charge >= 0.3 is 0 Å². The number of benzene rings is 2. The number of thioether (sulfide) groups is 1. The maximum absolute atomic E-state index is 12.2. The van der Waals surface area contributed by atoms with Crippen LogP contribution in [0.3, 0.4) is 0 Å². The van der Waals surface area contributed by atoms with E-state index in [9.17, 15) is 9.59 Å². The van der Waals surface area contributed by atoms with Gasteiger partial charge in [0.15, 0.2) is 5.78 Å². The SMILES string of the molecule is CC(=O)[C@H](Cc1ccccc1)NC(=O)CSc1ccc(C)cc1C. The van der Waals surface area contributed by atoms with Crippen LogP contribution in [0, 0.1) is 13.8 Å². The number of hydrogen-bond acceptors (Lipinski definition) is 3. The third-order valence-corrected chi connectivity index (χ3v) is 4.97. The van der Waals surface area contributed by atoms with E-state index in [2.05, 4.69) is 18.3 Å². The van der Waals surface area contributed by atoms with Crippen molar-refractivity contribution >= 4 is 23.5 Å². The van der Waals surface area contributed by atoms with Gasteiger partial charge in [-0.1, -0.05) is 48.0 Å². The highest BCUT2D eigenvalue weighted by Crippen LogP contribution is 2.22. The lowest BCUT2D eigenvalue weighted by Gasteiger charge is -2.16. The summed E-state index contributed by atoms with van der Waals surface area (Å²) in [4.78, 5) is 25.1. The molecular formula is C20H23NO2S. The molecule has 4 heteroatoms. The summed E-state index contributed by atoms with van der Waals surface area (Å²) in [6, 6.07) is 15.4. The van der Waals surface area contributed by atoms with Gasteiger partial charge in [-0.15, -0.1) is 11.8 Å². The topological polar surface area (TPSA) is 46.2 Å². The van der Waals surface area contributed by atoms with Crippen LogP contribution in [-0.2, 0) is 16.0 Å². The third kappa shape index (κ3) is 5.53. The van der Waals surface area contributed by atoms with Crippen molar-refractivity contribution in [3.63, 3.8) is 0 Å². The monoisotopic (exact) mass is 341 g/mol. The molecule has 2 aromatic rings. The Hall–Kier alpha value is -2.07. The summed E-state index contributed by atoms with van der Waals surface area (Å²) < 4.78 is 0. The minimum atomic E-state index is -0.473. The van der Waals surface area contributed by atoms with Crippen LogP contribution in [-0.4, -0.2) is 23.5 Å². The Morgan fingerprint density at radius 3 is 2.42 bits per heavy atom. The summed E-state index contributed by atoms with van der Waals surface area (Å²) in [6.07, 6.45) is 0.524. The number of carbonyl (C=O) groups excluding carboxylic acids is 2. The highest BCUT2D eigenvalue weighted by atomic mass is 32.2. The van der Waals surface area contributed by atoms with Crippen molar-refractivity contribution in [3.8, 4) is 0 Å². The predicted octanol–water partition coefficient (Wildman–Crippen LogP) is 3.71. The number of carbonyl (C=O) groups is 2. The molecule has 2 rings (SSSR count). The molecule has 1 atom stereocenters. The average molecular weight is 341 g/mol. The van der Waals surface area contributed by atoms with E-state index >= 15 is 0 Å². The van der Waals surface area contributed by atoms with Crippen molar-refractivity contribution in [2.45, 2.75) is 38.1 Å². The zero-order valence-corrected chi connectivity index (χ0v) is 15.2. The van der Waals surface area contributed by atoms with Crippen LogP contribution in [0.5, 0.6) is 0 Å². The molecule has 0 spiro atoms. The quantitative estimate of drug-likeness (QED) is 0.781. The van der Waals surface area contributed by atoms with Crippen LogP contribution in [0.1, 0.15) is 23.6 Å². The van der Waals surface area contributed by atoms with Gasteiger partial charge in [-0.2, -0.15) is 0 Å². The van der Waals surface area contributed by atoms with Gasteiger partial charge in [0.05, 0.1) is 11.8 Å². The first kappa shape index (κ1) is 18.3. The summed E-state index contributed by atoms with van der Waals surface area (Å²) in [7, 11) is 0. The molecule has 0 aliphatic heterocycles. The van der Waals surface area contributed by atoms with E-state index in [-0.39, 0.29) is 11.7 Å². The molecule has 24 heavy (non-hydrogen) atoms. The van der Waals surface area contributed by atoms with E-state index in [0.29, 0.717) is 12.2 Å². The highest BCUT2D eigenvalue weighted by Gasteiger charge is 2.17. The second-order valence-electron chi connectivity index (χ2n) is 5.98. The minimum absolute atomic E-state index is 0.0243. The molecule has 0 aliphatic carbocycles. The first-order valence-electron chi connectivity index (χ1n) is 7.99. The van der Waals surface area contributed by atoms with Crippen LogP contribution in [0.25, 0.3) is 0 Å². The molecule has 0 heterocycles. The molecule has 0 saturated carbocycles.